The topological polar surface area (TPSA) is 109 Å². The Kier molecular flexibility index (Phi) is 5.00. The summed E-state index contributed by atoms with van der Waals surface area (Å²) in [5.41, 5.74) is 0.280. The zero-order valence-electron chi connectivity index (χ0n) is 16.2. The smallest absolute Gasteiger partial charge is 0.328 e. The van der Waals surface area contributed by atoms with Gasteiger partial charge in [-0.2, -0.15) is 5.10 Å². The van der Waals surface area contributed by atoms with Crippen molar-refractivity contribution in [3.63, 3.8) is 0 Å². The van der Waals surface area contributed by atoms with E-state index < -0.39 is 23.7 Å². The minimum absolute atomic E-state index is 0.248. The van der Waals surface area contributed by atoms with Gasteiger partial charge in [-0.05, 0) is 17.7 Å². The number of halogens is 1. The summed E-state index contributed by atoms with van der Waals surface area (Å²) in [6.07, 6.45) is 3.00. The van der Waals surface area contributed by atoms with Gasteiger partial charge in [-0.25, -0.2) is 19.0 Å². The molecule has 0 unspecified atom stereocenters. The molecule has 4 rings (SSSR count). The fourth-order valence-electron chi connectivity index (χ4n) is 3.19. The van der Waals surface area contributed by atoms with Crippen molar-refractivity contribution in [3.8, 4) is 0 Å². The number of anilines is 1. The lowest BCUT2D eigenvalue weighted by molar-refractivity contribution is -0.116. The highest BCUT2D eigenvalue weighted by molar-refractivity contribution is 6.30. The Bertz CT molecular complexity index is 1360. The van der Waals surface area contributed by atoms with Crippen molar-refractivity contribution in [2.75, 3.05) is 5.32 Å². The summed E-state index contributed by atoms with van der Waals surface area (Å²) < 4.78 is 5.26. The van der Waals surface area contributed by atoms with Crippen LogP contribution in [0.15, 0.2) is 52.4 Å². The average molecular weight is 428 g/mol. The molecule has 0 fully saturated rings. The number of benzene rings is 1. The predicted molar refractivity (Wildman–Crippen MR) is 112 cm³/mol. The normalized spacial score (nSPS) is 11.2. The number of hydrogen-bond donors (Lipinski definition) is 1. The molecule has 0 saturated heterocycles. The molecular formula is C19H18ClN7O3. The molecule has 0 radical (unpaired) electrons. The minimum Gasteiger partial charge on any atom is -0.328 e. The van der Waals surface area contributed by atoms with Crippen LogP contribution in [-0.4, -0.2) is 34.4 Å². The third-order valence-corrected chi connectivity index (χ3v) is 4.98. The molecule has 4 aromatic rings. The van der Waals surface area contributed by atoms with Crippen LogP contribution in [0.4, 0.5) is 5.82 Å². The minimum atomic E-state index is -0.615. The number of aromatic nitrogens is 6. The van der Waals surface area contributed by atoms with E-state index in [0.29, 0.717) is 17.4 Å². The van der Waals surface area contributed by atoms with Crippen LogP contribution in [0.1, 0.15) is 5.56 Å². The molecule has 11 heteroatoms. The van der Waals surface area contributed by atoms with Crippen molar-refractivity contribution in [2.45, 2.75) is 13.1 Å². The summed E-state index contributed by atoms with van der Waals surface area (Å²) in [6.45, 7) is -0.0127. The Morgan fingerprint density at radius 1 is 1.13 bits per heavy atom. The monoisotopic (exact) mass is 427 g/mol. The van der Waals surface area contributed by atoms with E-state index in [-0.39, 0.29) is 11.2 Å². The maximum absolute atomic E-state index is 12.7. The van der Waals surface area contributed by atoms with Crippen molar-refractivity contribution in [3.05, 3.63) is 74.3 Å². The zero-order chi connectivity index (χ0) is 21.4. The number of rotatable bonds is 5. The lowest BCUT2D eigenvalue weighted by Gasteiger charge is -2.11. The van der Waals surface area contributed by atoms with Gasteiger partial charge in [0.1, 0.15) is 12.4 Å². The van der Waals surface area contributed by atoms with E-state index in [1.807, 2.05) is 12.1 Å². The van der Waals surface area contributed by atoms with Crippen LogP contribution in [0.5, 0.6) is 0 Å². The van der Waals surface area contributed by atoms with Gasteiger partial charge in [0.25, 0.3) is 5.56 Å². The zero-order valence-corrected chi connectivity index (χ0v) is 17.0. The number of carbonyl (C=O) groups excluding carboxylic acids is 1. The van der Waals surface area contributed by atoms with Crippen LogP contribution in [0.25, 0.3) is 11.2 Å². The first-order valence-corrected chi connectivity index (χ1v) is 9.40. The third kappa shape index (κ3) is 3.52. The molecule has 0 bridgehead atoms. The van der Waals surface area contributed by atoms with Gasteiger partial charge in [0.2, 0.25) is 5.91 Å². The molecule has 1 aromatic carbocycles. The standard InChI is InChI=1S/C19H18ClN7O3/c1-24-11-21-17-16(24)18(29)26(19(30)25(17)2)10-15(28)23-14-7-8-22-27(14)9-12-3-5-13(20)6-4-12/h3-8,11H,9-10H2,1-2H3,(H,23,28). The van der Waals surface area contributed by atoms with E-state index in [1.54, 1.807) is 36.1 Å². The van der Waals surface area contributed by atoms with Crippen molar-refractivity contribution in [1.29, 1.82) is 0 Å². The SMILES string of the molecule is Cn1cnc2c1c(=O)n(CC(=O)Nc1ccnn1Cc1ccc(Cl)cc1)c(=O)n2C. The maximum Gasteiger partial charge on any atom is 0.332 e. The lowest BCUT2D eigenvalue weighted by atomic mass is 10.2. The van der Waals surface area contributed by atoms with Gasteiger partial charge in [-0.1, -0.05) is 23.7 Å². The van der Waals surface area contributed by atoms with E-state index >= 15 is 0 Å². The molecule has 0 aliphatic rings. The van der Waals surface area contributed by atoms with Gasteiger partial charge in [-0.15, -0.1) is 0 Å². The van der Waals surface area contributed by atoms with Gasteiger partial charge in [0, 0.05) is 25.2 Å². The summed E-state index contributed by atoms with van der Waals surface area (Å²) in [7, 11) is 3.16. The Morgan fingerprint density at radius 2 is 1.87 bits per heavy atom. The average Bonchev–Trinajstić information content (AvgIpc) is 3.32. The van der Waals surface area contributed by atoms with Gasteiger partial charge >= 0.3 is 5.69 Å². The van der Waals surface area contributed by atoms with Gasteiger partial charge in [-0.3, -0.25) is 14.2 Å². The highest BCUT2D eigenvalue weighted by Crippen LogP contribution is 2.13. The first-order valence-electron chi connectivity index (χ1n) is 9.02. The number of nitrogens with one attached hydrogen (secondary N) is 1. The molecule has 10 nitrogen and oxygen atoms in total. The molecule has 0 saturated carbocycles. The maximum atomic E-state index is 12.7. The molecule has 0 aliphatic heterocycles. The molecule has 0 aliphatic carbocycles. The van der Waals surface area contributed by atoms with Crippen LogP contribution >= 0.6 is 11.6 Å². The Morgan fingerprint density at radius 3 is 2.60 bits per heavy atom. The molecule has 154 valence electrons. The molecule has 30 heavy (non-hydrogen) atoms. The summed E-state index contributed by atoms with van der Waals surface area (Å²) in [6, 6.07) is 8.91. The van der Waals surface area contributed by atoms with E-state index in [0.717, 1.165) is 10.1 Å². The summed E-state index contributed by atoms with van der Waals surface area (Å²) in [4.78, 5) is 42.0. The molecule has 0 atom stereocenters. The second kappa shape index (κ2) is 7.64. The first-order chi connectivity index (χ1) is 14.3. The van der Waals surface area contributed by atoms with Crippen molar-refractivity contribution in [2.24, 2.45) is 14.1 Å². The number of fused-ring (bicyclic) bond motifs is 1. The molecule has 1 amide bonds. The Balaban J connectivity index is 1.58. The van der Waals surface area contributed by atoms with Crippen LogP contribution < -0.4 is 16.6 Å². The number of nitrogens with zero attached hydrogens (tertiary/aromatic N) is 6. The highest BCUT2D eigenvalue weighted by Gasteiger charge is 2.17. The largest absolute Gasteiger partial charge is 0.332 e. The highest BCUT2D eigenvalue weighted by atomic mass is 35.5. The second-order valence-corrected chi connectivity index (χ2v) is 7.25. The van der Waals surface area contributed by atoms with Gasteiger partial charge < -0.3 is 9.88 Å². The first kappa shape index (κ1) is 19.6. The third-order valence-electron chi connectivity index (χ3n) is 4.73. The van der Waals surface area contributed by atoms with Crippen LogP contribution in [0, 0.1) is 0 Å². The number of carbonyl (C=O) groups is 1. The van der Waals surface area contributed by atoms with Crippen molar-refractivity contribution in [1.82, 2.24) is 28.5 Å². The van der Waals surface area contributed by atoms with Crippen molar-refractivity contribution >= 4 is 34.5 Å². The second-order valence-electron chi connectivity index (χ2n) is 6.81. The van der Waals surface area contributed by atoms with E-state index in [4.69, 9.17) is 11.6 Å². The van der Waals surface area contributed by atoms with E-state index in [2.05, 4.69) is 15.4 Å². The molecule has 3 aromatic heterocycles. The van der Waals surface area contributed by atoms with E-state index in [9.17, 15) is 14.4 Å². The number of amides is 1. The molecule has 3 heterocycles. The van der Waals surface area contributed by atoms with Crippen LogP contribution in [0.3, 0.4) is 0 Å². The molecule has 1 N–H and O–H groups in total. The summed E-state index contributed by atoms with van der Waals surface area (Å²) >= 11 is 5.91. The predicted octanol–water partition coefficient (Wildman–Crippen LogP) is 0.971. The van der Waals surface area contributed by atoms with Crippen molar-refractivity contribution < 1.29 is 4.79 Å². The molecular weight excluding hydrogens is 410 g/mol. The van der Waals surface area contributed by atoms with Gasteiger partial charge in [0.15, 0.2) is 11.2 Å². The lowest BCUT2D eigenvalue weighted by Crippen LogP contribution is -2.42. The number of hydrogen-bond acceptors (Lipinski definition) is 5. The van der Waals surface area contributed by atoms with Crippen LogP contribution in [0.2, 0.25) is 5.02 Å². The fraction of sp³-hybridized carbons (Fsp3) is 0.211. The Labute approximate surface area is 174 Å². The summed E-state index contributed by atoms with van der Waals surface area (Å²) in [5.74, 6) is -0.0741. The number of aryl methyl sites for hydroxylation is 2. The quantitative estimate of drug-likeness (QED) is 0.510. The Hall–Kier alpha value is -3.66. The van der Waals surface area contributed by atoms with E-state index in [1.165, 1.54) is 22.5 Å². The summed E-state index contributed by atoms with van der Waals surface area (Å²) in [5, 5.41) is 7.55. The fourth-order valence-corrected chi connectivity index (χ4v) is 3.32. The van der Waals surface area contributed by atoms with Gasteiger partial charge in [0.05, 0.1) is 19.1 Å². The number of imidazole rings is 1. The molecule has 0 spiro atoms. The van der Waals surface area contributed by atoms with Crippen LogP contribution in [-0.2, 0) is 32.0 Å².